The van der Waals surface area contributed by atoms with Crippen LogP contribution in [-0.4, -0.2) is 10.9 Å². The van der Waals surface area contributed by atoms with E-state index in [0.717, 1.165) is 21.3 Å². The third-order valence-corrected chi connectivity index (χ3v) is 3.33. The maximum atomic E-state index is 12.0. The van der Waals surface area contributed by atoms with Gasteiger partial charge in [0.2, 0.25) is 0 Å². The Morgan fingerprint density at radius 1 is 1.42 bits per heavy atom. The number of pyridine rings is 1. The van der Waals surface area contributed by atoms with Gasteiger partial charge in [-0.15, -0.1) is 0 Å². The summed E-state index contributed by atoms with van der Waals surface area (Å²) < 4.78 is 0.778. The zero-order valence-electron chi connectivity index (χ0n) is 10.5. The molecule has 4 nitrogen and oxygen atoms in total. The third-order valence-electron chi connectivity index (χ3n) is 2.89. The zero-order chi connectivity index (χ0) is 13.8. The fourth-order valence-electron chi connectivity index (χ4n) is 1.71. The van der Waals surface area contributed by atoms with Gasteiger partial charge >= 0.3 is 0 Å². The molecule has 0 saturated carbocycles. The molecule has 0 atom stereocenters. The minimum atomic E-state index is -0.157. The summed E-state index contributed by atoms with van der Waals surface area (Å²) in [5.74, 6) is -0.157. The molecule has 98 valence electrons. The molecule has 0 aliphatic rings. The number of carbonyl (C=O) groups excluding carboxylic acids is 1. The molecule has 0 radical (unpaired) electrons. The van der Waals surface area contributed by atoms with E-state index in [1.54, 1.807) is 12.3 Å². The normalized spacial score (nSPS) is 10.2. The maximum Gasteiger partial charge on any atom is 0.253 e. The van der Waals surface area contributed by atoms with Crippen molar-refractivity contribution in [3.8, 4) is 0 Å². The number of nitrogen functional groups attached to an aromatic ring is 1. The van der Waals surface area contributed by atoms with Crippen molar-refractivity contribution in [2.24, 2.45) is 0 Å². The largest absolute Gasteiger partial charge is 0.399 e. The molecule has 0 bridgehead atoms. The van der Waals surface area contributed by atoms with Crippen molar-refractivity contribution >= 4 is 27.5 Å². The van der Waals surface area contributed by atoms with E-state index in [-0.39, 0.29) is 5.91 Å². The van der Waals surface area contributed by atoms with Crippen LogP contribution in [0.25, 0.3) is 0 Å². The van der Waals surface area contributed by atoms with Gasteiger partial charge in [0, 0.05) is 29.1 Å². The van der Waals surface area contributed by atoms with Gasteiger partial charge in [0.1, 0.15) is 0 Å². The summed E-state index contributed by atoms with van der Waals surface area (Å²) in [7, 11) is 0. The van der Waals surface area contributed by atoms with Crippen molar-refractivity contribution in [1.29, 1.82) is 0 Å². The van der Waals surface area contributed by atoms with Crippen LogP contribution in [0.4, 0.5) is 5.69 Å². The smallest absolute Gasteiger partial charge is 0.253 e. The Morgan fingerprint density at radius 3 is 2.95 bits per heavy atom. The molecule has 0 aliphatic carbocycles. The number of hydrogen-bond donors (Lipinski definition) is 2. The van der Waals surface area contributed by atoms with Crippen LogP contribution >= 0.6 is 15.9 Å². The molecule has 19 heavy (non-hydrogen) atoms. The number of rotatable bonds is 3. The van der Waals surface area contributed by atoms with E-state index in [1.807, 2.05) is 25.1 Å². The number of anilines is 1. The van der Waals surface area contributed by atoms with Gasteiger partial charge in [-0.1, -0.05) is 12.1 Å². The molecule has 3 N–H and O–H groups in total. The second kappa shape index (κ2) is 5.84. The number of amides is 1. The average Bonchev–Trinajstić information content (AvgIpc) is 2.40. The number of halogens is 1. The van der Waals surface area contributed by atoms with Crippen LogP contribution < -0.4 is 11.1 Å². The van der Waals surface area contributed by atoms with Gasteiger partial charge in [0.15, 0.2) is 0 Å². The van der Waals surface area contributed by atoms with Crippen molar-refractivity contribution in [2.45, 2.75) is 13.5 Å². The molecule has 0 saturated heterocycles. The second-order valence-corrected chi connectivity index (χ2v) is 5.12. The van der Waals surface area contributed by atoms with Crippen LogP contribution in [0.15, 0.2) is 41.1 Å². The lowest BCUT2D eigenvalue weighted by Crippen LogP contribution is -2.23. The van der Waals surface area contributed by atoms with Crippen LogP contribution in [0.3, 0.4) is 0 Å². The fraction of sp³-hybridized carbons (Fsp3) is 0.143. The Labute approximate surface area is 120 Å². The number of benzene rings is 1. The number of hydrogen-bond acceptors (Lipinski definition) is 3. The molecule has 2 rings (SSSR count). The van der Waals surface area contributed by atoms with Crippen molar-refractivity contribution in [3.63, 3.8) is 0 Å². The van der Waals surface area contributed by atoms with Crippen LogP contribution in [0.1, 0.15) is 21.5 Å². The van der Waals surface area contributed by atoms with E-state index in [9.17, 15) is 4.79 Å². The molecule has 1 amide bonds. The highest BCUT2D eigenvalue weighted by Crippen LogP contribution is 2.15. The number of nitrogens with one attached hydrogen (secondary N) is 1. The lowest BCUT2D eigenvalue weighted by molar-refractivity contribution is 0.0950. The summed E-state index contributed by atoms with van der Waals surface area (Å²) in [6.45, 7) is 2.39. The van der Waals surface area contributed by atoms with Gasteiger partial charge in [0.05, 0.1) is 5.56 Å². The van der Waals surface area contributed by atoms with E-state index in [0.29, 0.717) is 12.1 Å². The number of nitrogens with two attached hydrogens (primary N) is 1. The average molecular weight is 320 g/mol. The summed E-state index contributed by atoms with van der Waals surface area (Å²) >= 11 is 3.29. The highest BCUT2D eigenvalue weighted by Gasteiger charge is 2.07. The van der Waals surface area contributed by atoms with Crippen molar-refractivity contribution in [2.75, 3.05) is 5.73 Å². The van der Waals surface area contributed by atoms with Crippen LogP contribution in [-0.2, 0) is 6.54 Å². The summed E-state index contributed by atoms with van der Waals surface area (Å²) in [5.41, 5.74) is 9.09. The highest BCUT2D eigenvalue weighted by atomic mass is 79.9. The van der Waals surface area contributed by atoms with E-state index in [2.05, 4.69) is 26.2 Å². The van der Waals surface area contributed by atoms with Gasteiger partial charge in [0.25, 0.3) is 5.91 Å². The molecule has 0 aliphatic heterocycles. The molecule has 5 heteroatoms. The first kappa shape index (κ1) is 13.5. The Balaban J connectivity index is 2.07. The zero-order valence-corrected chi connectivity index (χ0v) is 12.1. The standard InChI is InChI=1S/C14H14BrN3O/c1-9-10(3-2-4-13(9)16)7-18-14(19)11-5-12(15)8-17-6-11/h2-6,8H,7,16H2,1H3,(H,18,19). The summed E-state index contributed by atoms with van der Waals surface area (Å²) in [6, 6.07) is 7.41. The molecule has 0 fully saturated rings. The predicted molar refractivity (Wildman–Crippen MR) is 78.7 cm³/mol. The monoisotopic (exact) mass is 319 g/mol. The molecule has 0 spiro atoms. The van der Waals surface area contributed by atoms with Crippen LogP contribution in [0, 0.1) is 6.92 Å². The molecule has 2 aromatic rings. The van der Waals surface area contributed by atoms with Crippen LogP contribution in [0.5, 0.6) is 0 Å². The van der Waals surface area contributed by atoms with E-state index in [4.69, 9.17) is 5.73 Å². The van der Waals surface area contributed by atoms with E-state index < -0.39 is 0 Å². The number of nitrogens with zero attached hydrogens (tertiary/aromatic N) is 1. The lowest BCUT2D eigenvalue weighted by Gasteiger charge is -2.09. The first-order valence-electron chi connectivity index (χ1n) is 5.80. The summed E-state index contributed by atoms with van der Waals surface area (Å²) in [5, 5.41) is 2.86. The van der Waals surface area contributed by atoms with Gasteiger partial charge < -0.3 is 11.1 Å². The quantitative estimate of drug-likeness (QED) is 0.855. The van der Waals surface area contributed by atoms with E-state index >= 15 is 0 Å². The lowest BCUT2D eigenvalue weighted by atomic mass is 10.1. The van der Waals surface area contributed by atoms with Crippen LogP contribution in [0.2, 0.25) is 0 Å². The minimum absolute atomic E-state index is 0.157. The first-order valence-corrected chi connectivity index (χ1v) is 6.60. The maximum absolute atomic E-state index is 12.0. The molecule has 1 heterocycles. The van der Waals surface area contributed by atoms with Crippen molar-refractivity contribution < 1.29 is 4.79 Å². The fourth-order valence-corrected chi connectivity index (χ4v) is 2.07. The minimum Gasteiger partial charge on any atom is -0.399 e. The predicted octanol–water partition coefficient (Wildman–Crippen LogP) is 2.66. The molecular weight excluding hydrogens is 306 g/mol. The Morgan fingerprint density at radius 2 is 2.21 bits per heavy atom. The molecule has 1 aromatic heterocycles. The first-order chi connectivity index (χ1) is 9.08. The van der Waals surface area contributed by atoms with Crippen molar-refractivity contribution in [1.82, 2.24) is 10.3 Å². The Bertz CT molecular complexity index is 613. The van der Waals surface area contributed by atoms with Gasteiger partial charge in [-0.3, -0.25) is 9.78 Å². The Hall–Kier alpha value is -1.88. The SMILES string of the molecule is Cc1c(N)cccc1CNC(=O)c1cncc(Br)c1. The number of carbonyl (C=O) groups is 1. The summed E-state index contributed by atoms with van der Waals surface area (Å²) in [4.78, 5) is 15.9. The summed E-state index contributed by atoms with van der Waals surface area (Å²) in [6.07, 6.45) is 3.17. The highest BCUT2D eigenvalue weighted by molar-refractivity contribution is 9.10. The topological polar surface area (TPSA) is 68.0 Å². The van der Waals surface area contributed by atoms with Gasteiger partial charge in [-0.2, -0.15) is 0 Å². The van der Waals surface area contributed by atoms with Crippen molar-refractivity contribution in [3.05, 3.63) is 57.8 Å². The third kappa shape index (κ3) is 3.32. The Kier molecular flexibility index (Phi) is 4.16. The molecule has 1 aromatic carbocycles. The second-order valence-electron chi connectivity index (χ2n) is 4.21. The van der Waals surface area contributed by atoms with Gasteiger partial charge in [-0.05, 0) is 46.1 Å². The molecular formula is C14H14BrN3O. The van der Waals surface area contributed by atoms with E-state index in [1.165, 1.54) is 6.20 Å². The van der Waals surface area contributed by atoms with Gasteiger partial charge in [-0.25, -0.2) is 0 Å². The molecule has 0 unspecified atom stereocenters. The number of aromatic nitrogens is 1.